The van der Waals surface area contributed by atoms with Crippen molar-refractivity contribution in [3.8, 4) is 0 Å². The predicted octanol–water partition coefficient (Wildman–Crippen LogP) is -10.9. The number of hydrogen-bond acceptors (Lipinski definition) is 12. The third-order valence-electron chi connectivity index (χ3n) is 0. The summed E-state index contributed by atoms with van der Waals surface area (Å²) in [7, 11) is 0. The first-order valence-electron chi connectivity index (χ1n) is 2.45. The maximum atomic E-state index is 8.61. The molecule has 0 amide bonds. The molecular formula is La2O13Pb2TiZr3. The van der Waals surface area contributed by atoms with Gasteiger partial charge in [-0.05, 0) is 0 Å². The van der Waals surface area contributed by atoms with Crippen LogP contribution in [0.5, 0.6) is 0 Å². The van der Waals surface area contributed by atoms with Crippen molar-refractivity contribution in [1.82, 2.24) is 0 Å². The van der Waals surface area contributed by atoms with Crippen molar-refractivity contribution in [2.75, 3.05) is 0 Å². The molecule has 0 atom stereocenters. The third-order valence-corrected chi connectivity index (χ3v) is 0. The number of rotatable bonds is 0. The fraction of sp³-hybridized carbons (Fsp3) is 0. The van der Waals surface area contributed by atoms with Crippen LogP contribution in [0.3, 0.4) is 0 Å². The monoisotopic (exact) mass is 1220 g/mol. The average molecular weight is 1220 g/mol. The summed E-state index contributed by atoms with van der Waals surface area (Å²) in [6.07, 6.45) is 0. The van der Waals surface area contributed by atoms with Crippen LogP contribution in [0.4, 0.5) is 0 Å². The Bertz CT molecular complexity index is 175. The van der Waals surface area contributed by atoms with Crippen LogP contribution in [0.25, 0.3) is 0 Å². The van der Waals surface area contributed by atoms with E-state index in [1.807, 2.05) is 0 Å². The molecule has 0 aromatic rings. The molecule has 0 unspecified atom stereocenters. The van der Waals surface area contributed by atoms with Crippen LogP contribution >= 0.6 is 0 Å². The maximum Gasteiger partial charge on any atom is 2.00 e. The zero-order chi connectivity index (χ0) is 14.3. The Hall–Kier alpha value is 6.44. The second-order valence-corrected chi connectivity index (χ2v) is 5.47. The second-order valence-electron chi connectivity index (χ2n) is 1.00. The summed E-state index contributed by atoms with van der Waals surface area (Å²) in [5, 5.41) is 0. The van der Waals surface area contributed by atoms with Crippen LogP contribution in [0.15, 0.2) is 0 Å². The summed E-state index contributed by atoms with van der Waals surface area (Å²) in [4.78, 5) is 0. The van der Waals surface area contributed by atoms with Crippen LogP contribution in [0, 0.1) is 71.2 Å². The van der Waals surface area contributed by atoms with Crippen molar-refractivity contribution in [2.24, 2.45) is 0 Å². The van der Waals surface area contributed by atoms with Crippen molar-refractivity contribution >= 4 is 54.6 Å². The molecule has 0 aliphatic carbocycles. The molecule has 21 heavy (non-hydrogen) atoms. The van der Waals surface area contributed by atoms with Gasteiger partial charge >= 0.3 is 251 Å². The van der Waals surface area contributed by atoms with Gasteiger partial charge in [-0.3, -0.25) is 0 Å². The zero-order valence-electron chi connectivity index (χ0n) is 9.46. The molecule has 0 aliphatic heterocycles. The van der Waals surface area contributed by atoms with Gasteiger partial charge in [0.15, 0.2) is 0 Å². The first-order valence-corrected chi connectivity index (χ1v) is 13.4. The molecule has 0 N–H and O–H groups in total. The second kappa shape index (κ2) is 50.3. The van der Waals surface area contributed by atoms with Crippen molar-refractivity contribution < 1.29 is 201 Å². The molecule has 0 saturated carbocycles. The topological polar surface area (TPSA) is 281 Å². The predicted molar refractivity (Wildman–Crippen MR) is 14.9 cm³/mol. The minimum atomic E-state index is -4.29. The van der Waals surface area contributed by atoms with Gasteiger partial charge in [-0.2, -0.15) is 0 Å². The Kier molecular flexibility index (Phi) is 135. The fourth-order valence-corrected chi connectivity index (χ4v) is 0. The molecule has 13 nitrogen and oxygen atoms in total. The van der Waals surface area contributed by atoms with Gasteiger partial charge in [-0.25, -0.2) is 0 Å². The van der Waals surface area contributed by atoms with Gasteiger partial charge in [0.2, 0.25) is 0 Å². The molecule has 0 heterocycles. The van der Waals surface area contributed by atoms with Crippen LogP contribution < -0.4 is 26.5 Å². The smallest absolute Gasteiger partial charge is 2.00 e. The molecule has 0 bridgehead atoms. The van der Waals surface area contributed by atoms with Crippen molar-refractivity contribution in [1.29, 1.82) is 0 Å². The van der Waals surface area contributed by atoms with Crippen molar-refractivity contribution in [2.45, 2.75) is 0 Å². The van der Waals surface area contributed by atoms with Crippen LogP contribution in [-0.4, -0.2) is 54.6 Å². The Morgan fingerprint density at radius 3 is 0.619 bits per heavy atom. The maximum absolute atomic E-state index is 8.61. The van der Waals surface area contributed by atoms with E-state index in [1.165, 1.54) is 0 Å². The Morgan fingerprint density at radius 2 is 0.619 bits per heavy atom. The zero-order valence-corrected chi connectivity index (χ0v) is 33.4. The van der Waals surface area contributed by atoms with Gasteiger partial charge < -0.3 is 5.48 Å². The summed E-state index contributed by atoms with van der Waals surface area (Å²) in [6.45, 7) is 0. The van der Waals surface area contributed by atoms with E-state index >= 15 is 0 Å². The molecule has 0 rings (SSSR count). The summed E-state index contributed by atoms with van der Waals surface area (Å²) in [5.74, 6) is 0. The van der Waals surface area contributed by atoms with Crippen molar-refractivity contribution in [3.05, 3.63) is 0 Å². The molecule has 0 saturated heterocycles. The third kappa shape index (κ3) is 381. The van der Waals surface area contributed by atoms with Crippen LogP contribution in [0.1, 0.15) is 0 Å². The molecule has 108 valence electrons. The quantitative estimate of drug-likeness (QED) is 0.205. The number of hydrogen-bond donors (Lipinski definition) is 0. The SMILES string of the molecule is [La+3].[La+3].[O-2].[O]=[Ti]([O-])[O-].[O]=[Zr]([O-])[O-].[O]=[Zr]([O-])[O-].[O]=[Zr]([O-])[O-].[Pb+2].[Pb+2]. The molecule has 0 fully saturated rings. The molecule has 0 spiro atoms. The van der Waals surface area contributed by atoms with Gasteiger partial charge in [-0.1, -0.05) is 0 Å². The van der Waals surface area contributed by atoms with E-state index in [2.05, 4.69) is 0 Å². The molecular weight excluding hydrogens is 1220 g/mol. The minimum absolute atomic E-state index is 0. The van der Waals surface area contributed by atoms with Crippen molar-refractivity contribution in [3.63, 3.8) is 0 Å². The van der Waals surface area contributed by atoms with Gasteiger partial charge in [-0.15, -0.1) is 0 Å². The molecule has 0 aliphatic rings. The van der Waals surface area contributed by atoms with Gasteiger partial charge in [0.1, 0.15) is 0 Å². The normalized spacial score (nSPS) is 4.95. The van der Waals surface area contributed by atoms with E-state index in [-0.39, 0.29) is 131 Å². The molecule has 4 radical (unpaired) electrons. The van der Waals surface area contributed by atoms with Gasteiger partial charge in [0.05, 0.1) is 0 Å². The molecule has 21 heteroatoms. The van der Waals surface area contributed by atoms with E-state index in [9.17, 15) is 0 Å². The minimum Gasteiger partial charge on any atom is 2.00 e. The first kappa shape index (κ1) is 56.4. The Balaban J connectivity index is -0.0000000121. The van der Waals surface area contributed by atoms with E-state index in [4.69, 9.17) is 38.2 Å². The largest absolute Gasteiger partial charge is 2.00 e. The van der Waals surface area contributed by atoms with Crippen LogP contribution in [-0.2, 0) is 104 Å². The summed E-state index contributed by atoms with van der Waals surface area (Å²) >= 11 is -17.0. The Morgan fingerprint density at radius 1 is 0.619 bits per heavy atom. The summed E-state index contributed by atoms with van der Waals surface area (Å²) in [5.41, 5.74) is 0. The fourth-order valence-electron chi connectivity index (χ4n) is 0. The van der Waals surface area contributed by atoms with Crippen LogP contribution in [0.2, 0.25) is 0 Å². The summed E-state index contributed by atoms with van der Waals surface area (Å²) < 4.78 is 103. The standard InChI is InChI=1S/2La.13O.2Pb.Ti.3Zr/q2*+3;;;;;-2;8*-1;2*+2;;;;. The Labute approximate surface area is 249 Å². The van der Waals surface area contributed by atoms with E-state index in [0.29, 0.717) is 0 Å². The van der Waals surface area contributed by atoms with E-state index in [0.717, 1.165) is 0 Å². The van der Waals surface area contributed by atoms with E-state index < -0.39 is 86.5 Å². The van der Waals surface area contributed by atoms with Gasteiger partial charge in [0, 0.05) is 0 Å². The van der Waals surface area contributed by atoms with E-state index in [1.54, 1.807) is 0 Å². The summed E-state index contributed by atoms with van der Waals surface area (Å²) in [6, 6.07) is 0. The average Bonchev–Trinajstić information content (AvgIpc) is 1.76. The first-order chi connectivity index (χ1) is 6.93. The molecule has 0 aromatic heterocycles. The van der Waals surface area contributed by atoms with Gasteiger partial charge in [0.25, 0.3) is 0 Å². The molecule has 0 aromatic carbocycles.